The van der Waals surface area contributed by atoms with Crippen molar-refractivity contribution in [2.45, 2.75) is 13.0 Å². The molecule has 0 saturated heterocycles. The Morgan fingerprint density at radius 1 is 1.59 bits per heavy atom. The summed E-state index contributed by atoms with van der Waals surface area (Å²) < 4.78 is 6.28. The van der Waals surface area contributed by atoms with Crippen LogP contribution in [0.2, 0.25) is 0 Å². The van der Waals surface area contributed by atoms with Crippen molar-refractivity contribution in [1.82, 2.24) is 5.09 Å². The molecule has 0 aliphatic carbocycles. The molecule has 17 heavy (non-hydrogen) atoms. The molecule has 1 unspecified atom stereocenters. The Kier molecular flexibility index (Phi) is 5.41. The van der Waals surface area contributed by atoms with Gasteiger partial charge in [-0.2, -0.15) is 0 Å². The van der Waals surface area contributed by atoms with Crippen molar-refractivity contribution >= 4 is 50.7 Å². The van der Waals surface area contributed by atoms with Gasteiger partial charge in [-0.05, 0) is 54.2 Å². The molecule has 0 fully saturated rings. The van der Waals surface area contributed by atoms with Gasteiger partial charge in [-0.1, -0.05) is 15.9 Å². The summed E-state index contributed by atoms with van der Waals surface area (Å²) in [7, 11) is 0. The third-order valence-electron chi connectivity index (χ3n) is 1.75. The van der Waals surface area contributed by atoms with Crippen molar-refractivity contribution in [2.75, 3.05) is 0 Å². The van der Waals surface area contributed by atoms with E-state index in [-0.39, 0.29) is 0 Å². The molecule has 0 aliphatic heterocycles. The van der Waals surface area contributed by atoms with Crippen LogP contribution in [0, 0.1) is 0 Å². The third kappa shape index (κ3) is 5.36. The Morgan fingerprint density at radius 3 is 2.59 bits per heavy atom. The standard InChI is InChI=1S/C9H10BrClNO3PS/c1-6(9(13)14)12-16(11,17)15-8-4-2-7(10)3-5-8/h2-6H,1H3,(H,12,17)(H,13,14)/t6-,16?/m0/s1. The first kappa shape index (κ1) is 14.9. The lowest BCUT2D eigenvalue weighted by atomic mass is 10.3. The zero-order valence-electron chi connectivity index (χ0n) is 8.76. The van der Waals surface area contributed by atoms with Gasteiger partial charge >= 0.3 is 5.97 Å². The van der Waals surface area contributed by atoms with Crippen LogP contribution in [0.25, 0.3) is 0 Å². The van der Waals surface area contributed by atoms with Crippen LogP contribution in [0.4, 0.5) is 0 Å². The van der Waals surface area contributed by atoms with E-state index >= 15 is 0 Å². The Bertz CT molecular complexity index is 456. The van der Waals surface area contributed by atoms with E-state index in [1.54, 1.807) is 24.3 Å². The average molecular weight is 359 g/mol. The molecule has 94 valence electrons. The van der Waals surface area contributed by atoms with Gasteiger partial charge in [0.1, 0.15) is 11.8 Å². The molecule has 0 amide bonds. The normalized spacial score (nSPS) is 15.9. The largest absolute Gasteiger partial charge is 0.480 e. The van der Waals surface area contributed by atoms with Crippen LogP contribution in [0.5, 0.6) is 5.75 Å². The number of hydrogen-bond acceptors (Lipinski definition) is 3. The first-order chi connectivity index (χ1) is 7.80. The number of benzene rings is 1. The highest BCUT2D eigenvalue weighted by Gasteiger charge is 2.22. The van der Waals surface area contributed by atoms with Crippen LogP contribution in [-0.2, 0) is 16.6 Å². The van der Waals surface area contributed by atoms with E-state index < -0.39 is 17.8 Å². The van der Waals surface area contributed by atoms with E-state index in [4.69, 9.17) is 32.7 Å². The summed E-state index contributed by atoms with van der Waals surface area (Å²) in [5.74, 6) is -3.41. The van der Waals surface area contributed by atoms with Crippen molar-refractivity contribution in [1.29, 1.82) is 0 Å². The summed E-state index contributed by atoms with van der Waals surface area (Å²) in [6.45, 7) is 1.46. The fourth-order valence-corrected chi connectivity index (χ4v) is 3.64. The molecule has 1 aromatic carbocycles. The summed E-state index contributed by atoms with van der Waals surface area (Å²) in [6, 6.07) is 6.10. The van der Waals surface area contributed by atoms with Crippen LogP contribution in [0.15, 0.2) is 28.7 Å². The minimum atomic E-state index is -2.88. The van der Waals surface area contributed by atoms with Crippen molar-refractivity contribution in [2.24, 2.45) is 0 Å². The maximum absolute atomic E-state index is 10.7. The summed E-state index contributed by atoms with van der Waals surface area (Å²) in [5, 5.41) is 11.3. The maximum Gasteiger partial charge on any atom is 0.320 e. The highest BCUT2D eigenvalue weighted by atomic mass is 79.9. The van der Waals surface area contributed by atoms with Gasteiger partial charge < -0.3 is 9.63 Å². The van der Waals surface area contributed by atoms with E-state index in [1.165, 1.54) is 6.92 Å². The molecule has 0 aliphatic rings. The highest BCUT2D eigenvalue weighted by Crippen LogP contribution is 2.49. The average Bonchev–Trinajstić information content (AvgIpc) is 2.20. The van der Waals surface area contributed by atoms with Gasteiger partial charge in [0, 0.05) is 4.47 Å². The fourth-order valence-electron chi connectivity index (χ4n) is 0.944. The molecule has 0 bridgehead atoms. The van der Waals surface area contributed by atoms with E-state index in [0.29, 0.717) is 5.75 Å². The summed E-state index contributed by atoms with van der Waals surface area (Å²) in [6.07, 6.45) is 0. The lowest BCUT2D eigenvalue weighted by Crippen LogP contribution is -2.31. The second-order valence-corrected chi connectivity index (χ2v) is 9.10. The molecule has 4 nitrogen and oxygen atoms in total. The topological polar surface area (TPSA) is 58.6 Å². The second-order valence-electron chi connectivity index (χ2n) is 3.21. The van der Waals surface area contributed by atoms with Crippen LogP contribution in [0.3, 0.4) is 0 Å². The number of halogens is 2. The molecule has 0 spiro atoms. The monoisotopic (exact) mass is 357 g/mol. The summed E-state index contributed by atoms with van der Waals surface area (Å²) >= 11 is 14.3. The van der Waals surface area contributed by atoms with Gasteiger partial charge in [0.2, 0.25) is 0 Å². The molecule has 1 aromatic rings. The lowest BCUT2D eigenvalue weighted by Gasteiger charge is -2.19. The number of hydrogen-bond donors (Lipinski definition) is 2. The van der Waals surface area contributed by atoms with Gasteiger partial charge in [0.25, 0.3) is 5.77 Å². The summed E-state index contributed by atoms with van der Waals surface area (Å²) in [5.41, 5.74) is 0. The van der Waals surface area contributed by atoms with Crippen molar-refractivity contribution in [3.63, 3.8) is 0 Å². The Labute approximate surface area is 117 Å². The molecular formula is C9H10BrClNO3PS. The fraction of sp³-hybridized carbons (Fsp3) is 0.222. The van der Waals surface area contributed by atoms with E-state index in [2.05, 4.69) is 21.0 Å². The minimum Gasteiger partial charge on any atom is -0.480 e. The summed E-state index contributed by atoms with van der Waals surface area (Å²) in [4.78, 5) is 10.7. The molecular weight excluding hydrogens is 349 g/mol. The lowest BCUT2D eigenvalue weighted by molar-refractivity contribution is -0.138. The molecule has 0 aromatic heterocycles. The Morgan fingerprint density at radius 2 is 2.12 bits per heavy atom. The van der Waals surface area contributed by atoms with Crippen LogP contribution < -0.4 is 9.61 Å². The number of carboxylic acid groups (broad SMARTS) is 1. The number of nitrogens with one attached hydrogen (secondary N) is 1. The van der Waals surface area contributed by atoms with Crippen LogP contribution >= 0.6 is 32.9 Å². The van der Waals surface area contributed by atoms with E-state index in [9.17, 15) is 4.79 Å². The SMILES string of the molecule is C[C@H](NP(=S)(Cl)Oc1ccc(Br)cc1)C(=O)O. The maximum atomic E-state index is 10.7. The van der Waals surface area contributed by atoms with E-state index in [1.807, 2.05) is 0 Å². The van der Waals surface area contributed by atoms with Gasteiger partial charge in [-0.3, -0.25) is 4.79 Å². The smallest absolute Gasteiger partial charge is 0.320 e. The third-order valence-corrected chi connectivity index (χ3v) is 4.46. The zero-order valence-corrected chi connectivity index (χ0v) is 12.8. The van der Waals surface area contributed by atoms with Crippen LogP contribution in [0.1, 0.15) is 6.92 Å². The zero-order chi connectivity index (χ0) is 13.1. The highest BCUT2D eigenvalue weighted by molar-refractivity contribution is 9.10. The van der Waals surface area contributed by atoms with Crippen molar-refractivity contribution in [3.05, 3.63) is 28.7 Å². The van der Waals surface area contributed by atoms with Gasteiger partial charge in [-0.25, -0.2) is 5.09 Å². The molecule has 0 saturated carbocycles. The first-order valence-electron chi connectivity index (χ1n) is 4.55. The van der Waals surface area contributed by atoms with Crippen LogP contribution in [-0.4, -0.2) is 17.1 Å². The van der Waals surface area contributed by atoms with Crippen molar-refractivity contribution < 1.29 is 14.4 Å². The van der Waals surface area contributed by atoms with E-state index in [0.717, 1.165) is 4.47 Å². The van der Waals surface area contributed by atoms with Crippen molar-refractivity contribution in [3.8, 4) is 5.75 Å². The number of carboxylic acids is 1. The Hall–Kier alpha value is -0.130. The number of rotatable bonds is 5. The quantitative estimate of drug-likeness (QED) is 0.791. The Balaban J connectivity index is 2.69. The van der Waals surface area contributed by atoms with Gasteiger partial charge in [0.05, 0.1) is 0 Å². The molecule has 0 radical (unpaired) electrons. The molecule has 2 N–H and O–H groups in total. The predicted octanol–water partition coefficient (Wildman–Crippen LogP) is 3.35. The molecule has 2 atom stereocenters. The number of aliphatic carboxylic acids is 1. The molecule has 0 heterocycles. The molecule has 1 rings (SSSR count). The predicted molar refractivity (Wildman–Crippen MR) is 75.1 cm³/mol. The minimum absolute atomic E-state index is 0.497. The van der Waals surface area contributed by atoms with Gasteiger partial charge in [-0.15, -0.1) is 0 Å². The number of carbonyl (C=O) groups is 1. The van der Waals surface area contributed by atoms with Gasteiger partial charge in [0.15, 0.2) is 0 Å². The molecule has 8 heteroatoms. The first-order valence-corrected chi connectivity index (χ1v) is 8.97. The second kappa shape index (κ2) is 6.16.